The topological polar surface area (TPSA) is 94.0 Å². The van der Waals surface area contributed by atoms with E-state index in [1.54, 1.807) is 0 Å². The SMILES string of the molecule is Cl.NCc1noc(C2CCC(=O)N2)n1. The van der Waals surface area contributed by atoms with Crippen LogP contribution in [0.4, 0.5) is 0 Å². The van der Waals surface area contributed by atoms with Crippen molar-refractivity contribution < 1.29 is 9.32 Å². The van der Waals surface area contributed by atoms with Gasteiger partial charge in [0.15, 0.2) is 5.82 Å². The molecule has 3 N–H and O–H groups in total. The first-order valence-corrected chi connectivity index (χ1v) is 4.11. The number of nitrogens with two attached hydrogens (primary N) is 1. The van der Waals surface area contributed by atoms with Gasteiger partial charge in [0.25, 0.3) is 0 Å². The van der Waals surface area contributed by atoms with Crippen molar-refractivity contribution in [3.8, 4) is 0 Å². The average molecular weight is 219 g/mol. The fourth-order valence-electron chi connectivity index (χ4n) is 1.29. The van der Waals surface area contributed by atoms with Gasteiger partial charge < -0.3 is 15.6 Å². The number of nitrogens with zero attached hydrogens (tertiary/aromatic N) is 2. The fourth-order valence-corrected chi connectivity index (χ4v) is 1.29. The first-order chi connectivity index (χ1) is 6.29. The van der Waals surface area contributed by atoms with Gasteiger partial charge in [-0.05, 0) is 6.42 Å². The van der Waals surface area contributed by atoms with Gasteiger partial charge in [-0.1, -0.05) is 5.16 Å². The lowest BCUT2D eigenvalue weighted by atomic mass is 10.2. The first kappa shape index (κ1) is 10.9. The second kappa shape index (κ2) is 4.39. The number of carbonyl (C=O) groups excluding carboxylic acids is 1. The molecule has 78 valence electrons. The van der Waals surface area contributed by atoms with E-state index >= 15 is 0 Å². The minimum absolute atomic E-state index is 0. The van der Waals surface area contributed by atoms with Gasteiger partial charge >= 0.3 is 0 Å². The summed E-state index contributed by atoms with van der Waals surface area (Å²) in [4.78, 5) is 14.9. The fraction of sp³-hybridized carbons (Fsp3) is 0.571. The van der Waals surface area contributed by atoms with Crippen LogP contribution in [0.15, 0.2) is 4.52 Å². The van der Waals surface area contributed by atoms with Crippen molar-refractivity contribution in [2.24, 2.45) is 5.73 Å². The Morgan fingerprint density at radius 3 is 2.93 bits per heavy atom. The van der Waals surface area contributed by atoms with Crippen LogP contribution in [-0.2, 0) is 11.3 Å². The van der Waals surface area contributed by atoms with Crippen LogP contribution >= 0.6 is 12.4 Å². The summed E-state index contributed by atoms with van der Waals surface area (Å²) in [6.07, 6.45) is 1.23. The van der Waals surface area contributed by atoms with Gasteiger partial charge in [0, 0.05) is 6.42 Å². The Morgan fingerprint density at radius 1 is 1.64 bits per heavy atom. The maximum absolute atomic E-state index is 10.9. The number of amides is 1. The molecule has 0 aliphatic carbocycles. The third-order valence-electron chi connectivity index (χ3n) is 1.96. The summed E-state index contributed by atoms with van der Waals surface area (Å²) in [5.41, 5.74) is 5.32. The smallest absolute Gasteiger partial charge is 0.249 e. The minimum Gasteiger partial charge on any atom is -0.344 e. The monoisotopic (exact) mass is 218 g/mol. The summed E-state index contributed by atoms with van der Waals surface area (Å²) in [6, 6.07) is -0.125. The summed E-state index contributed by atoms with van der Waals surface area (Å²) >= 11 is 0. The Balaban J connectivity index is 0.000000980. The van der Waals surface area contributed by atoms with E-state index in [0.717, 1.165) is 0 Å². The molecule has 7 heteroatoms. The van der Waals surface area contributed by atoms with Gasteiger partial charge in [0.05, 0.1) is 6.54 Å². The van der Waals surface area contributed by atoms with Crippen LogP contribution in [0.25, 0.3) is 0 Å². The Bertz CT molecular complexity index is 327. The highest BCUT2D eigenvalue weighted by molar-refractivity contribution is 5.85. The summed E-state index contributed by atoms with van der Waals surface area (Å²) in [5, 5.41) is 6.37. The largest absolute Gasteiger partial charge is 0.344 e. The van der Waals surface area contributed by atoms with Crippen molar-refractivity contribution in [1.29, 1.82) is 0 Å². The van der Waals surface area contributed by atoms with E-state index in [-0.39, 0.29) is 30.9 Å². The maximum atomic E-state index is 10.9. The molecule has 1 fully saturated rings. The van der Waals surface area contributed by atoms with E-state index in [0.29, 0.717) is 24.6 Å². The molecule has 6 nitrogen and oxygen atoms in total. The van der Waals surface area contributed by atoms with Crippen LogP contribution in [0.3, 0.4) is 0 Å². The van der Waals surface area contributed by atoms with Crippen LogP contribution < -0.4 is 11.1 Å². The Labute approximate surface area is 86.6 Å². The number of halogens is 1. The summed E-state index contributed by atoms with van der Waals surface area (Å²) in [7, 11) is 0. The third-order valence-corrected chi connectivity index (χ3v) is 1.96. The van der Waals surface area contributed by atoms with E-state index in [4.69, 9.17) is 10.3 Å². The predicted molar refractivity (Wildman–Crippen MR) is 49.6 cm³/mol. The van der Waals surface area contributed by atoms with Gasteiger partial charge in [0.1, 0.15) is 6.04 Å². The molecule has 0 saturated carbocycles. The van der Waals surface area contributed by atoms with Crippen LogP contribution in [0.1, 0.15) is 30.6 Å². The molecule has 1 saturated heterocycles. The zero-order valence-electron chi connectivity index (χ0n) is 7.40. The summed E-state index contributed by atoms with van der Waals surface area (Å²) < 4.78 is 4.93. The van der Waals surface area contributed by atoms with Crippen LogP contribution in [0.5, 0.6) is 0 Å². The van der Waals surface area contributed by atoms with Crippen LogP contribution in [0.2, 0.25) is 0 Å². The van der Waals surface area contributed by atoms with Crippen molar-refractivity contribution in [1.82, 2.24) is 15.5 Å². The van der Waals surface area contributed by atoms with Crippen molar-refractivity contribution in [3.05, 3.63) is 11.7 Å². The number of nitrogens with one attached hydrogen (secondary N) is 1. The zero-order chi connectivity index (χ0) is 9.26. The number of aromatic nitrogens is 2. The number of rotatable bonds is 2. The van der Waals surface area contributed by atoms with Crippen molar-refractivity contribution >= 4 is 18.3 Å². The normalized spacial score (nSPS) is 20.4. The Hall–Kier alpha value is -1.14. The highest BCUT2D eigenvalue weighted by atomic mass is 35.5. The lowest BCUT2D eigenvalue weighted by Crippen LogP contribution is -2.18. The van der Waals surface area contributed by atoms with E-state index in [9.17, 15) is 4.79 Å². The molecule has 0 radical (unpaired) electrons. The molecule has 1 amide bonds. The lowest BCUT2D eigenvalue weighted by Gasteiger charge is -2.01. The second-order valence-corrected chi connectivity index (χ2v) is 2.91. The molecule has 1 atom stereocenters. The standard InChI is InChI=1S/C7H10N4O2.ClH/c8-3-5-10-7(13-11-5)4-1-2-6(12)9-4;/h4H,1-3,8H2,(H,9,12);1H. The van der Waals surface area contributed by atoms with E-state index in [1.807, 2.05) is 0 Å². The predicted octanol–water partition coefficient (Wildman–Crippen LogP) is -0.0988. The highest BCUT2D eigenvalue weighted by Crippen LogP contribution is 2.21. The second-order valence-electron chi connectivity index (χ2n) is 2.91. The quantitative estimate of drug-likeness (QED) is 0.723. The summed E-state index contributed by atoms with van der Waals surface area (Å²) in [5.74, 6) is 0.944. The van der Waals surface area contributed by atoms with Gasteiger partial charge in [-0.2, -0.15) is 4.98 Å². The van der Waals surface area contributed by atoms with Crippen molar-refractivity contribution in [3.63, 3.8) is 0 Å². The molecule has 0 spiro atoms. The number of hydrogen-bond acceptors (Lipinski definition) is 5. The molecule has 14 heavy (non-hydrogen) atoms. The van der Waals surface area contributed by atoms with Crippen molar-refractivity contribution in [2.45, 2.75) is 25.4 Å². The number of hydrogen-bond donors (Lipinski definition) is 2. The lowest BCUT2D eigenvalue weighted by molar-refractivity contribution is -0.119. The zero-order valence-corrected chi connectivity index (χ0v) is 8.21. The molecule has 1 aliphatic rings. The molecule has 2 rings (SSSR count). The Morgan fingerprint density at radius 2 is 2.43 bits per heavy atom. The molecular weight excluding hydrogens is 208 g/mol. The minimum atomic E-state index is -0.125. The van der Waals surface area contributed by atoms with E-state index in [1.165, 1.54) is 0 Å². The average Bonchev–Trinajstić information content (AvgIpc) is 2.71. The van der Waals surface area contributed by atoms with Gasteiger partial charge in [-0.15, -0.1) is 12.4 Å². The summed E-state index contributed by atoms with van der Waals surface area (Å²) in [6.45, 7) is 0.254. The van der Waals surface area contributed by atoms with E-state index < -0.39 is 0 Å². The highest BCUT2D eigenvalue weighted by Gasteiger charge is 2.26. The van der Waals surface area contributed by atoms with E-state index in [2.05, 4.69) is 15.5 Å². The molecule has 0 bridgehead atoms. The molecular formula is C7H11ClN4O2. The number of carbonyl (C=O) groups is 1. The van der Waals surface area contributed by atoms with Gasteiger partial charge in [0.2, 0.25) is 11.8 Å². The molecule has 0 aromatic carbocycles. The van der Waals surface area contributed by atoms with Crippen molar-refractivity contribution in [2.75, 3.05) is 0 Å². The molecule has 1 unspecified atom stereocenters. The van der Waals surface area contributed by atoms with Crippen LogP contribution in [-0.4, -0.2) is 16.0 Å². The molecule has 1 aliphatic heterocycles. The van der Waals surface area contributed by atoms with Gasteiger partial charge in [-0.25, -0.2) is 0 Å². The molecule has 2 heterocycles. The maximum Gasteiger partial charge on any atom is 0.249 e. The molecule has 1 aromatic heterocycles. The first-order valence-electron chi connectivity index (χ1n) is 4.11. The van der Waals surface area contributed by atoms with Crippen LogP contribution in [0, 0.1) is 0 Å². The third kappa shape index (κ3) is 2.02. The Kier molecular flexibility index (Phi) is 3.43. The van der Waals surface area contributed by atoms with Gasteiger partial charge in [-0.3, -0.25) is 4.79 Å². The molecule has 1 aromatic rings.